The molecule has 6 nitrogen and oxygen atoms in total. The van der Waals surface area contributed by atoms with Crippen LogP contribution >= 0.6 is 0 Å². The van der Waals surface area contributed by atoms with Crippen LogP contribution in [0.1, 0.15) is 62.3 Å². The van der Waals surface area contributed by atoms with Crippen LogP contribution in [0.15, 0.2) is 42.5 Å². The Balaban J connectivity index is 1.51. The summed E-state index contributed by atoms with van der Waals surface area (Å²) in [5.41, 5.74) is 1.95. The number of rotatable bonds is 6. The molecular weight excluding hydrogens is 368 g/mol. The molecule has 1 saturated carbocycles. The molecule has 1 heterocycles. The van der Waals surface area contributed by atoms with Gasteiger partial charge in [-0.3, -0.25) is 19.3 Å². The highest BCUT2D eigenvalue weighted by Gasteiger charge is 2.35. The molecule has 4 rings (SSSR count). The number of imide groups is 1. The second-order valence-electron chi connectivity index (χ2n) is 7.64. The van der Waals surface area contributed by atoms with Crippen molar-refractivity contribution in [3.63, 3.8) is 0 Å². The zero-order valence-electron chi connectivity index (χ0n) is 16.4. The Hall–Kier alpha value is -3.15. The van der Waals surface area contributed by atoms with Crippen LogP contribution in [0.4, 0.5) is 0 Å². The molecular formula is C23H24N2O4. The molecule has 2 aliphatic rings. The Labute approximate surface area is 169 Å². The van der Waals surface area contributed by atoms with Gasteiger partial charge in [-0.1, -0.05) is 31.0 Å². The molecule has 29 heavy (non-hydrogen) atoms. The molecule has 3 amide bonds. The van der Waals surface area contributed by atoms with E-state index in [1.54, 1.807) is 42.5 Å². The van der Waals surface area contributed by atoms with E-state index in [0.717, 1.165) is 12.8 Å². The number of nitrogens with one attached hydrogen (secondary N) is 1. The highest BCUT2D eigenvalue weighted by Crippen LogP contribution is 2.27. The minimum absolute atomic E-state index is 0.110. The lowest BCUT2D eigenvalue weighted by Gasteiger charge is -2.16. The topological polar surface area (TPSA) is 75.7 Å². The van der Waals surface area contributed by atoms with E-state index in [1.165, 1.54) is 24.9 Å². The van der Waals surface area contributed by atoms with E-state index in [9.17, 15) is 14.4 Å². The van der Waals surface area contributed by atoms with Gasteiger partial charge in [0.2, 0.25) is 0 Å². The summed E-state index contributed by atoms with van der Waals surface area (Å²) in [6.45, 7) is 0.768. The number of carbonyl (C=O) groups excluding carboxylic acids is 3. The van der Waals surface area contributed by atoms with Gasteiger partial charge in [0.05, 0.1) is 30.3 Å². The summed E-state index contributed by atoms with van der Waals surface area (Å²) < 4.78 is 5.35. The first-order valence-electron chi connectivity index (χ1n) is 9.99. The molecule has 0 atom stereocenters. The van der Waals surface area contributed by atoms with Crippen LogP contribution in [0.5, 0.6) is 5.75 Å². The fourth-order valence-electron chi connectivity index (χ4n) is 4.14. The number of carbonyl (C=O) groups is 3. The van der Waals surface area contributed by atoms with Crippen molar-refractivity contribution in [3.8, 4) is 5.75 Å². The number of ether oxygens (including phenoxy) is 1. The molecule has 0 spiro atoms. The average Bonchev–Trinajstić information content (AvgIpc) is 3.35. The van der Waals surface area contributed by atoms with Crippen LogP contribution in [0.2, 0.25) is 0 Å². The van der Waals surface area contributed by atoms with E-state index < -0.39 is 0 Å². The molecule has 1 fully saturated rings. The molecule has 0 radical (unpaired) electrons. The van der Waals surface area contributed by atoms with Crippen LogP contribution < -0.4 is 10.1 Å². The van der Waals surface area contributed by atoms with Crippen molar-refractivity contribution in [2.75, 3.05) is 13.7 Å². The summed E-state index contributed by atoms with van der Waals surface area (Å²) in [5.74, 6) is 0.187. The van der Waals surface area contributed by atoms with E-state index in [2.05, 4.69) is 5.32 Å². The molecule has 1 aliphatic carbocycles. The van der Waals surface area contributed by atoms with Crippen LogP contribution in [0.3, 0.4) is 0 Å². The molecule has 0 bridgehead atoms. The second kappa shape index (κ2) is 8.07. The molecule has 0 saturated heterocycles. The van der Waals surface area contributed by atoms with Crippen molar-refractivity contribution < 1.29 is 19.1 Å². The van der Waals surface area contributed by atoms with Crippen molar-refractivity contribution >= 4 is 17.7 Å². The van der Waals surface area contributed by atoms with Gasteiger partial charge < -0.3 is 10.1 Å². The first-order chi connectivity index (χ1) is 14.1. The van der Waals surface area contributed by atoms with Gasteiger partial charge in [-0.05, 0) is 48.6 Å². The van der Waals surface area contributed by atoms with E-state index in [1.807, 2.05) is 0 Å². The predicted molar refractivity (Wildman–Crippen MR) is 108 cm³/mol. The maximum Gasteiger partial charge on any atom is 0.261 e. The lowest BCUT2D eigenvalue weighted by molar-refractivity contribution is 0.0642. The number of amides is 3. The molecule has 0 unspecified atom stereocenters. The third kappa shape index (κ3) is 3.75. The van der Waals surface area contributed by atoms with Gasteiger partial charge in [0.15, 0.2) is 0 Å². The van der Waals surface area contributed by atoms with Crippen LogP contribution in [0.25, 0.3) is 0 Å². The number of hydrogen-bond donors (Lipinski definition) is 1. The quantitative estimate of drug-likeness (QED) is 0.765. The van der Waals surface area contributed by atoms with Gasteiger partial charge in [-0.15, -0.1) is 0 Å². The van der Waals surface area contributed by atoms with Crippen LogP contribution in [0, 0.1) is 5.92 Å². The molecule has 2 aromatic carbocycles. The Morgan fingerprint density at radius 3 is 2.34 bits per heavy atom. The summed E-state index contributed by atoms with van der Waals surface area (Å²) in [5, 5.41) is 3.00. The summed E-state index contributed by atoms with van der Waals surface area (Å²) in [7, 11) is 1.52. The second-order valence-corrected chi connectivity index (χ2v) is 7.64. The van der Waals surface area contributed by atoms with Gasteiger partial charge in [0.1, 0.15) is 5.75 Å². The Morgan fingerprint density at radius 2 is 1.72 bits per heavy atom. The molecule has 2 aromatic rings. The molecule has 0 aromatic heterocycles. The number of nitrogens with zero attached hydrogens (tertiary/aromatic N) is 1. The van der Waals surface area contributed by atoms with Gasteiger partial charge in [-0.25, -0.2) is 0 Å². The SMILES string of the molecule is COc1ccc(CN2C(=O)c3ccccc3C2=O)cc1C(=O)NCC1CCCC1. The first-order valence-corrected chi connectivity index (χ1v) is 9.99. The zero-order chi connectivity index (χ0) is 20.4. The highest BCUT2D eigenvalue weighted by molar-refractivity contribution is 6.21. The molecule has 6 heteroatoms. The first kappa shape index (κ1) is 19.2. The normalized spacial score (nSPS) is 16.2. The molecule has 1 aliphatic heterocycles. The monoisotopic (exact) mass is 392 g/mol. The van der Waals surface area contributed by atoms with Crippen molar-refractivity contribution in [3.05, 3.63) is 64.7 Å². The average molecular weight is 392 g/mol. The van der Waals surface area contributed by atoms with Crippen LogP contribution in [-0.2, 0) is 6.54 Å². The predicted octanol–water partition coefficient (Wildman–Crippen LogP) is 3.41. The van der Waals surface area contributed by atoms with Crippen molar-refractivity contribution in [2.24, 2.45) is 5.92 Å². The Bertz CT molecular complexity index is 928. The van der Waals surface area contributed by atoms with E-state index >= 15 is 0 Å². The van der Waals surface area contributed by atoms with E-state index in [4.69, 9.17) is 4.74 Å². The summed E-state index contributed by atoms with van der Waals surface area (Å²) in [6.07, 6.45) is 4.74. The third-order valence-corrected chi connectivity index (χ3v) is 5.75. The minimum atomic E-state index is -0.311. The maximum atomic E-state index is 12.7. The number of benzene rings is 2. The lowest BCUT2D eigenvalue weighted by atomic mass is 10.1. The van der Waals surface area contributed by atoms with Crippen molar-refractivity contribution in [1.82, 2.24) is 10.2 Å². The lowest BCUT2D eigenvalue weighted by Crippen LogP contribution is -2.30. The van der Waals surface area contributed by atoms with Crippen LogP contribution in [-0.4, -0.2) is 36.3 Å². The maximum absolute atomic E-state index is 12.7. The van der Waals surface area contributed by atoms with Crippen molar-refractivity contribution in [1.29, 1.82) is 0 Å². The number of methoxy groups -OCH3 is 1. The minimum Gasteiger partial charge on any atom is -0.496 e. The summed E-state index contributed by atoms with van der Waals surface area (Å²) >= 11 is 0. The fourth-order valence-corrected chi connectivity index (χ4v) is 4.14. The Morgan fingerprint density at radius 1 is 1.07 bits per heavy atom. The van der Waals surface area contributed by atoms with Gasteiger partial charge in [0.25, 0.3) is 17.7 Å². The third-order valence-electron chi connectivity index (χ3n) is 5.75. The number of hydrogen-bond acceptors (Lipinski definition) is 4. The van der Waals surface area contributed by atoms with Crippen molar-refractivity contribution in [2.45, 2.75) is 32.2 Å². The van der Waals surface area contributed by atoms with Gasteiger partial charge >= 0.3 is 0 Å². The molecule has 150 valence electrons. The highest BCUT2D eigenvalue weighted by atomic mass is 16.5. The fraction of sp³-hybridized carbons (Fsp3) is 0.348. The van der Waals surface area contributed by atoms with Gasteiger partial charge in [0, 0.05) is 6.54 Å². The van der Waals surface area contributed by atoms with E-state index in [0.29, 0.717) is 40.5 Å². The summed E-state index contributed by atoms with van der Waals surface area (Å²) in [4.78, 5) is 39.2. The largest absolute Gasteiger partial charge is 0.496 e. The zero-order valence-corrected chi connectivity index (χ0v) is 16.4. The Kier molecular flexibility index (Phi) is 5.34. The smallest absolute Gasteiger partial charge is 0.261 e. The van der Waals surface area contributed by atoms with Gasteiger partial charge in [-0.2, -0.15) is 0 Å². The molecule has 1 N–H and O–H groups in total. The standard InChI is InChI=1S/C23H24N2O4/c1-29-20-11-10-16(12-19(20)21(26)24-13-15-6-2-3-7-15)14-25-22(27)17-8-4-5-9-18(17)23(25)28/h4-5,8-12,15H,2-3,6-7,13-14H2,1H3,(H,24,26). The summed E-state index contributed by atoms with van der Waals surface area (Å²) in [6, 6.07) is 12.0. The number of fused-ring (bicyclic) bond motifs is 1. The van der Waals surface area contributed by atoms with E-state index in [-0.39, 0.29) is 24.3 Å².